The van der Waals surface area contributed by atoms with Gasteiger partial charge in [0.1, 0.15) is 0 Å². The minimum Gasteiger partial charge on any atom is -0.0877 e. The average molecular weight is 224 g/mol. The predicted molar refractivity (Wildman–Crippen MR) is 47.5 cm³/mol. The first-order valence-electron chi connectivity index (χ1n) is 2.99. The number of halogens is 1. The van der Waals surface area contributed by atoms with Crippen molar-refractivity contribution >= 4 is 22.6 Å². The molecule has 48 valence electrons. The Labute approximate surface area is 65.5 Å². The molecular formula is C7H13I. The highest BCUT2D eigenvalue weighted by Gasteiger charge is 1.98. The summed E-state index contributed by atoms with van der Waals surface area (Å²) in [6.45, 7) is 6.49. The standard InChI is InChI=1S/C7H13I/c1-4-6(3)7(8)5-2/h4,7H,5H2,1-3H3/b6-4-. The van der Waals surface area contributed by atoms with E-state index in [-0.39, 0.29) is 0 Å². The molecule has 0 aliphatic carbocycles. The molecule has 0 N–H and O–H groups in total. The number of rotatable bonds is 2. The van der Waals surface area contributed by atoms with E-state index in [9.17, 15) is 0 Å². The highest BCUT2D eigenvalue weighted by atomic mass is 127. The largest absolute Gasteiger partial charge is 0.0877 e. The van der Waals surface area contributed by atoms with Crippen LogP contribution in [-0.4, -0.2) is 3.92 Å². The third-order valence-corrected chi connectivity index (χ3v) is 3.17. The SMILES string of the molecule is C/C=C(/C)C(I)CC. The lowest BCUT2D eigenvalue weighted by atomic mass is 10.2. The van der Waals surface area contributed by atoms with Crippen molar-refractivity contribution < 1.29 is 0 Å². The Morgan fingerprint density at radius 2 is 2.25 bits per heavy atom. The fraction of sp³-hybridized carbons (Fsp3) is 0.714. The maximum atomic E-state index is 2.46. The van der Waals surface area contributed by atoms with Crippen molar-refractivity contribution in [3.05, 3.63) is 11.6 Å². The molecule has 0 amide bonds. The number of hydrogen-bond acceptors (Lipinski definition) is 0. The van der Waals surface area contributed by atoms with Crippen LogP contribution in [0.15, 0.2) is 11.6 Å². The summed E-state index contributed by atoms with van der Waals surface area (Å²) in [7, 11) is 0. The van der Waals surface area contributed by atoms with Gasteiger partial charge in [-0.1, -0.05) is 41.2 Å². The van der Waals surface area contributed by atoms with E-state index in [4.69, 9.17) is 0 Å². The molecule has 0 fully saturated rings. The van der Waals surface area contributed by atoms with E-state index >= 15 is 0 Å². The molecule has 0 radical (unpaired) electrons. The fourth-order valence-electron chi connectivity index (χ4n) is 0.503. The molecule has 0 aromatic rings. The lowest BCUT2D eigenvalue weighted by Crippen LogP contribution is -1.94. The van der Waals surface area contributed by atoms with E-state index in [2.05, 4.69) is 49.4 Å². The maximum absolute atomic E-state index is 2.46. The number of alkyl halides is 1. The second-order valence-electron chi connectivity index (χ2n) is 1.91. The third kappa shape index (κ3) is 2.70. The average Bonchev–Trinajstić information content (AvgIpc) is 1.84. The van der Waals surface area contributed by atoms with Crippen LogP contribution in [0.4, 0.5) is 0 Å². The zero-order valence-electron chi connectivity index (χ0n) is 5.74. The Kier molecular flexibility index (Phi) is 4.61. The van der Waals surface area contributed by atoms with Crippen molar-refractivity contribution in [1.82, 2.24) is 0 Å². The van der Waals surface area contributed by atoms with Gasteiger partial charge in [-0.3, -0.25) is 0 Å². The van der Waals surface area contributed by atoms with Crippen LogP contribution in [0, 0.1) is 0 Å². The Morgan fingerprint density at radius 1 is 1.75 bits per heavy atom. The monoisotopic (exact) mass is 224 g/mol. The normalized spacial score (nSPS) is 16.2. The molecular weight excluding hydrogens is 211 g/mol. The molecule has 0 aliphatic heterocycles. The fourth-order valence-corrected chi connectivity index (χ4v) is 0.862. The first-order valence-corrected chi connectivity index (χ1v) is 4.23. The number of hydrogen-bond donors (Lipinski definition) is 0. The molecule has 0 heterocycles. The van der Waals surface area contributed by atoms with Crippen molar-refractivity contribution in [2.24, 2.45) is 0 Å². The second-order valence-corrected chi connectivity index (χ2v) is 3.41. The van der Waals surface area contributed by atoms with Crippen molar-refractivity contribution in [2.75, 3.05) is 0 Å². The lowest BCUT2D eigenvalue weighted by Gasteiger charge is -2.04. The minimum absolute atomic E-state index is 0.748. The Morgan fingerprint density at radius 3 is 2.38 bits per heavy atom. The van der Waals surface area contributed by atoms with Crippen LogP contribution in [-0.2, 0) is 0 Å². The van der Waals surface area contributed by atoms with E-state index in [1.807, 2.05) is 0 Å². The quantitative estimate of drug-likeness (QED) is 0.384. The van der Waals surface area contributed by atoms with Crippen LogP contribution >= 0.6 is 22.6 Å². The zero-order valence-corrected chi connectivity index (χ0v) is 7.90. The smallest absolute Gasteiger partial charge is 0.0313 e. The van der Waals surface area contributed by atoms with Crippen molar-refractivity contribution in [3.63, 3.8) is 0 Å². The van der Waals surface area contributed by atoms with Crippen LogP contribution < -0.4 is 0 Å². The second kappa shape index (κ2) is 4.36. The highest BCUT2D eigenvalue weighted by Crippen LogP contribution is 2.14. The Hall–Kier alpha value is 0.470. The Balaban J connectivity index is 3.63. The molecule has 0 bridgehead atoms. The van der Waals surface area contributed by atoms with Gasteiger partial charge in [0.25, 0.3) is 0 Å². The molecule has 8 heavy (non-hydrogen) atoms. The first kappa shape index (κ1) is 8.47. The van der Waals surface area contributed by atoms with Crippen LogP contribution in [0.5, 0.6) is 0 Å². The number of allylic oxidation sites excluding steroid dienone is 2. The molecule has 0 spiro atoms. The van der Waals surface area contributed by atoms with Gasteiger partial charge in [0.05, 0.1) is 0 Å². The summed E-state index contributed by atoms with van der Waals surface area (Å²) in [6.07, 6.45) is 3.43. The van der Waals surface area contributed by atoms with Gasteiger partial charge < -0.3 is 0 Å². The molecule has 1 heteroatoms. The van der Waals surface area contributed by atoms with Gasteiger partial charge in [-0.25, -0.2) is 0 Å². The highest BCUT2D eigenvalue weighted by molar-refractivity contribution is 14.1. The van der Waals surface area contributed by atoms with E-state index in [0.717, 1.165) is 3.92 Å². The molecule has 0 nitrogen and oxygen atoms in total. The molecule has 1 atom stereocenters. The summed E-state index contributed by atoms with van der Waals surface area (Å²) in [5.74, 6) is 0. The predicted octanol–water partition coefficient (Wildman–Crippen LogP) is 3.17. The summed E-state index contributed by atoms with van der Waals surface area (Å²) in [4.78, 5) is 0. The molecule has 1 unspecified atom stereocenters. The maximum Gasteiger partial charge on any atom is 0.0313 e. The summed E-state index contributed by atoms with van der Waals surface area (Å²) >= 11 is 2.46. The van der Waals surface area contributed by atoms with E-state index in [1.54, 1.807) is 0 Å². The van der Waals surface area contributed by atoms with Gasteiger partial charge in [0.15, 0.2) is 0 Å². The van der Waals surface area contributed by atoms with Crippen LogP contribution in [0.2, 0.25) is 0 Å². The van der Waals surface area contributed by atoms with Crippen molar-refractivity contribution in [1.29, 1.82) is 0 Å². The minimum atomic E-state index is 0.748. The van der Waals surface area contributed by atoms with Crippen LogP contribution in [0.1, 0.15) is 27.2 Å². The molecule has 0 rings (SSSR count). The van der Waals surface area contributed by atoms with Gasteiger partial charge in [0.2, 0.25) is 0 Å². The van der Waals surface area contributed by atoms with Crippen LogP contribution in [0.25, 0.3) is 0 Å². The van der Waals surface area contributed by atoms with Crippen LogP contribution in [0.3, 0.4) is 0 Å². The lowest BCUT2D eigenvalue weighted by molar-refractivity contribution is 0.951. The van der Waals surface area contributed by atoms with Gasteiger partial charge in [0, 0.05) is 3.92 Å². The van der Waals surface area contributed by atoms with Gasteiger partial charge >= 0.3 is 0 Å². The zero-order chi connectivity index (χ0) is 6.57. The van der Waals surface area contributed by atoms with Gasteiger partial charge in [-0.15, -0.1) is 0 Å². The van der Waals surface area contributed by atoms with E-state index < -0.39 is 0 Å². The molecule has 0 aromatic carbocycles. The topological polar surface area (TPSA) is 0 Å². The first-order chi connectivity index (χ1) is 3.72. The summed E-state index contributed by atoms with van der Waals surface area (Å²) in [5.41, 5.74) is 1.49. The third-order valence-electron chi connectivity index (χ3n) is 1.31. The van der Waals surface area contributed by atoms with E-state index in [0.29, 0.717) is 0 Å². The molecule has 0 aromatic heterocycles. The van der Waals surface area contributed by atoms with Gasteiger partial charge in [-0.05, 0) is 20.3 Å². The molecule has 0 saturated carbocycles. The summed E-state index contributed by atoms with van der Waals surface area (Å²) < 4.78 is 0.748. The van der Waals surface area contributed by atoms with Gasteiger partial charge in [-0.2, -0.15) is 0 Å². The Bertz CT molecular complexity index is 84.4. The van der Waals surface area contributed by atoms with E-state index in [1.165, 1.54) is 12.0 Å². The molecule has 0 aliphatic rings. The molecule has 0 saturated heterocycles. The summed E-state index contributed by atoms with van der Waals surface area (Å²) in [5, 5.41) is 0. The van der Waals surface area contributed by atoms with Crippen molar-refractivity contribution in [2.45, 2.75) is 31.1 Å². The summed E-state index contributed by atoms with van der Waals surface area (Å²) in [6, 6.07) is 0. The van der Waals surface area contributed by atoms with Crippen molar-refractivity contribution in [3.8, 4) is 0 Å².